The Morgan fingerprint density at radius 3 is 2.48 bits per heavy atom. The van der Waals surface area contributed by atoms with Crippen LogP contribution in [0.25, 0.3) is 0 Å². The number of nitrogens with one attached hydrogen (secondary N) is 1. The fourth-order valence-electron chi connectivity index (χ4n) is 2.39. The molecule has 0 saturated heterocycles. The molecule has 0 amide bonds. The average Bonchev–Trinajstić information content (AvgIpc) is 2.60. The molecule has 1 unspecified atom stereocenters. The van der Waals surface area contributed by atoms with Gasteiger partial charge in [0.1, 0.15) is 5.75 Å². The summed E-state index contributed by atoms with van der Waals surface area (Å²) >= 11 is 0. The summed E-state index contributed by atoms with van der Waals surface area (Å²) < 4.78 is 10.1. The highest BCUT2D eigenvalue weighted by Crippen LogP contribution is 2.26. The Kier molecular flexibility index (Phi) is 5.80. The molecule has 2 aromatic carbocycles. The number of esters is 1. The summed E-state index contributed by atoms with van der Waals surface area (Å²) in [6.07, 6.45) is 2.51. The van der Waals surface area contributed by atoms with E-state index in [-0.39, 0.29) is 5.97 Å². The molecular formula is C19H21NO3. The standard InChI is InChI=1S/C19H21NO3/c1-4-7-14-8-5-6-9-17(14)18(19(21)23-3)20-15-10-12-16(22-2)13-11-15/h4-6,8-13,18,20H,1,7H2,2-3H3. The second-order valence-electron chi connectivity index (χ2n) is 5.02. The number of ether oxygens (including phenoxy) is 2. The Bertz CT molecular complexity index is 665. The van der Waals surface area contributed by atoms with Crippen molar-refractivity contribution in [3.05, 3.63) is 72.3 Å². The van der Waals surface area contributed by atoms with Gasteiger partial charge in [-0.05, 0) is 41.8 Å². The summed E-state index contributed by atoms with van der Waals surface area (Å²) in [6.45, 7) is 3.77. The molecule has 0 saturated carbocycles. The average molecular weight is 311 g/mol. The SMILES string of the molecule is C=CCc1ccccc1C(Nc1ccc(OC)cc1)C(=O)OC. The molecule has 120 valence electrons. The minimum atomic E-state index is -0.579. The number of hydrogen-bond donors (Lipinski definition) is 1. The van der Waals surface area contributed by atoms with Crippen LogP contribution < -0.4 is 10.1 Å². The number of hydrogen-bond acceptors (Lipinski definition) is 4. The highest BCUT2D eigenvalue weighted by atomic mass is 16.5. The first-order valence-electron chi connectivity index (χ1n) is 7.36. The minimum absolute atomic E-state index is 0.336. The van der Waals surface area contributed by atoms with Gasteiger partial charge >= 0.3 is 5.97 Å². The zero-order valence-corrected chi connectivity index (χ0v) is 13.4. The van der Waals surface area contributed by atoms with Crippen LogP contribution >= 0.6 is 0 Å². The number of rotatable bonds is 7. The Hall–Kier alpha value is -2.75. The van der Waals surface area contributed by atoms with Crippen LogP contribution in [0.2, 0.25) is 0 Å². The normalized spacial score (nSPS) is 11.4. The summed E-state index contributed by atoms with van der Waals surface area (Å²) in [6, 6.07) is 14.6. The van der Waals surface area contributed by atoms with Crippen molar-refractivity contribution < 1.29 is 14.3 Å². The number of benzene rings is 2. The topological polar surface area (TPSA) is 47.6 Å². The number of carbonyl (C=O) groups excluding carboxylic acids is 1. The second-order valence-corrected chi connectivity index (χ2v) is 5.02. The van der Waals surface area contributed by atoms with Gasteiger partial charge in [-0.1, -0.05) is 30.3 Å². The predicted molar refractivity (Wildman–Crippen MR) is 91.7 cm³/mol. The van der Waals surface area contributed by atoms with Crippen LogP contribution in [0, 0.1) is 0 Å². The van der Waals surface area contributed by atoms with Crippen molar-refractivity contribution in [3.63, 3.8) is 0 Å². The summed E-state index contributed by atoms with van der Waals surface area (Å²) in [7, 11) is 3.01. The Labute approximate surface area is 136 Å². The largest absolute Gasteiger partial charge is 0.497 e. The molecule has 0 radical (unpaired) electrons. The van der Waals surface area contributed by atoms with E-state index in [1.54, 1.807) is 7.11 Å². The fraction of sp³-hybridized carbons (Fsp3) is 0.211. The molecule has 0 aliphatic heterocycles. The molecule has 2 rings (SSSR count). The van der Waals surface area contributed by atoms with Gasteiger partial charge in [-0.3, -0.25) is 0 Å². The summed E-state index contributed by atoms with van der Waals surface area (Å²) in [5, 5.41) is 3.23. The zero-order chi connectivity index (χ0) is 16.7. The molecule has 0 fully saturated rings. The van der Waals surface area contributed by atoms with E-state index in [1.807, 2.05) is 54.6 Å². The maximum atomic E-state index is 12.3. The summed E-state index contributed by atoms with van der Waals surface area (Å²) in [5.41, 5.74) is 2.74. The van der Waals surface area contributed by atoms with E-state index in [9.17, 15) is 4.79 Å². The number of allylic oxidation sites excluding steroid dienone is 1. The van der Waals surface area contributed by atoms with Gasteiger partial charge in [0.15, 0.2) is 6.04 Å². The molecule has 2 aromatic rings. The van der Waals surface area contributed by atoms with E-state index in [0.717, 1.165) is 22.6 Å². The lowest BCUT2D eigenvalue weighted by atomic mass is 9.97. The van der Waals surface area contributed by atoms with E-state index < -0.39 is 6.04 Å². The number of methoxy groups -OCH3 is 2. The number of carbonyl (C=O) groups is 1. The highest BCUT2D eigenvalue weighted by molar-refractivity contribution is 5.81. The van der Waals surface area contributed by atoms with E-state index in [4.69, 9.17) is 9.47 Å². The van der Waals surface area contributed by atoms with Gasteiger partial charge in [-0.25, -0.2) is 4.79 Å². The smallest absolute Gasteiger partial charge is 0.332 e. The lowest BCUT2D eigenvalue weighted by molar-refractivity contribution is -0.141. The molecule has 0 spiro atoms. The van der Waals surface area contributed by atoms with E-state index >= 15 is 0 Å². The molecule has 0 bridgehead atoms. The Morgan fingerprint density at radius 1 is 1.17 bits per heavy atom. The first-order chi connectivity index (χ1) is 11.2. The Balaban J connectivity index is 2.33. The quantitative estimate of drug-likeness (QED) is 0.625. The summed E-state index contributed by atoms with van der Waals surface area (Å²) in [5.74, 6) is 0.426. The molecule has 0 aliphatic carbocycles. The molecule has 4 heteroatoms. The van der Waals surface area contributed by atoms with Crippen LogP contribution in [0.5, 0.6) is 5.75 Å². The maximum Gasteiger partial charge on any atom is 0.332 e. The number of anilines is 1. The Morgan fingerprint density at radius 2 is 1.87 bits per heavy atom. The monoisotopic (exact) mass is 311 g/mol. The molecule has 0 heterocycles. The minimum Gasteiger partial charge on any atom is -0.497 e. The first-order valence-corrected chi connectivity index (χ1v) is 7.36. The van der Waals surface area contributed by atoms with Gasteiger partial charge in [-0.15, -0.1) is 6.58 Å². The van der Waals surface area contributed by atoms with Gasteiger partial charge < -0.3 is 14.8 Å². The van der Waals surface area contributed by atoms with Crippen LogP contribution in [0.1, 0.15) is 17.2 Å². The van der Waals surface area contributed by atoms with Crippen molar-refractivity contribution in [2.45, 2.75) is 12.5 Å². The molecule has 23 heavy (non-hydrogen) atoms. The van der Waals surface area contributed by atoms with Gasteiger partial charge in [0, 0.05) is 5.69 Å². The van der Waals surface area contributed by atoms with Crippen LogP contribution in [-0.4, -0.2) is 20.2 Å². The first kappa shape index (κ1) is 16.6. The molecule has 0 aliphatic rings. The zero-order valence-electron chi connectivity index (χ0n) is 13.4. The molecule has 4 nitrogen and oxygen atoms in total. The van der Waals surface area contributed by atoms with Crippen molar-refractivity contribution in [1.29, 1.82) is 0 Å². The third-order valence-corrected chi connectivity index (χ3v) is 3.57. The maximum absolute atomic E-state index is 12.3. The van der Waals surface area contributed by atoms with Crippen LogP contribution in [0.15, 0.2) is 61.2 Å². The molecule has 0 aromatic heterocycles. The molecule has 1 atom stereocenters. The van der Waals surface area contributed by atoms with E-state index in [2.05, 4.69) is 11.9 Å². The van der Waals surface area contributed by atoms with Crippen molar-refractivity contribution >= 4 is 11.7 Å². The lowest BCUT2D eigenvalue weighted by Crippen LogP contribution is -2.23. The predicted octanol–water partition coefficient (Wildman–Crippen LogP) is 3.75. The lowest BCUT2D eigenvalue weighted by Gasteiger charge is -2.20. The third-order valence-electron chi connectivity index (χ3n) is 3.57. The van der Waals surface area contributed by atoms with Crippen LogP contribution in [-0.2, 0) is 16.0 Å². The van der Waals surface area contributed by atoms with E-state index in [1.165, 1.54) is 7.11 Å². The fourth-order valence-corrected chi connectivity index (χ4v) is 2.39. The summed E-state index contributed by atoms with van der Waals surface area (Å²) in [4.78, 5) is 12.3. The van der Waals surface area contributed by atoms with Crippen LogP contribution in [0.4, 0.5) is 5.69 Å². The highest BCUT2D eigenvalue weighted by Gasteiger charge is 2.23. The third kappa shape index (κ3) is 4.13. The van der Waals surface area contributed by atoms with E-state index in [0.29, 0.717) is 6.42 Å². The molecule has 1 N–H and O–H groups in total. The molecular weight excluding hydrogens is 290 g/mol. The van der Waals surface area contributed by atoms with Gasteiger partial charge in [0.25, 0.3) is 0 Å². The van der Waals surface area contributed by atoms with Crippen molar-refractivity contribution in [2.75, 3.05) is 19.5 Å². The van der Waals surface area contributed by atoms with Crippen molar-refractivity contribution in [1.82, 2.24) is 0 Å². The van der Waals surface area contributed by atoms with Gasteiger partial charge in [-0.2, -0.15) is 0 Å². The van der Waals surface area contributed by atoms with Gasteiger partial charge in [0.2, 0.25) is 0 Å². The van der Waals surface area contributed by atoms with Crippen molar-refractivity contribution in [3.8, 4) is 5.75 Å². The van der Waals surface area contributed by atoms with Crippen molar-refractivity contribution in [2.24, 2.45) is 0 Å². The van der Waals surface area contributed by atoms with Gasteiger partial charge in [0.05, 0.1) is 14.2 Å². The second kappa shape index (κ2) is 8.03. The van der Waals surface area contributed by atoms with Crippen LogP contribution in [0.3, 0.4) is 0 Å².